The van der Waals surface area contributed by atoms with Crippen LogP contribution < -0.4 is 4.74 Å². The van der Waals surface area contributed by atoms with E-state index < -0.39 is 23.8 Å². The molecular weight excluding hydrogens is 309 g/mol. The molecule has 1 atom stereocenters. The van der Waals surface area contributed by atoms with E-state index in [2.05, 4.69) is 0 Å². The molecule has 0 saturated heterocycles. The van der Waals surface area contributed by atoms with Gasteiger partial charge in [-0.2, -0.15) is 13.2 Å². The Hall–Kier alpha value is -2.50. The third-order valence-electron chi connectivity index (χ3n) is 3.31. The molecule has 0 spiro atoms. The van der Waals surface area contributed by atoms with Gasteiger partial charge in [0.05, 0.1) is 5.57 Å². The van der Waals surface area contributed by atoms with Crippen molar-refractivity contribution in [2.24, 2.45) is 0 Å². The van der Waals surface area contributed by atoms with Crippen LogP contribution in [0.25, 0.3) is 16.8 Å². The van der Waals surface area contributed by atoms with Gasteiger partial charge >= 0.3 is 12.1 Å². The first-order valence-electron chi connectivity index (χ1n) is 7.08. The minimum Gasteiger partial charge on any atom is -0.478 e. The third-order valence-corrected chi connectivity index (χ3v) is 3.31. The number of rotatable bonds is 1. The number of halogens is 3. The van der Waals surface area contributed by atoms with Crippen molar-refractivity contribution in [3.8, 4) is 5.75 Å². The minimum atomic E-state index is -4.77. The molecule has 0 saturated carbocycles. The predicted octanol–water partition coefficient (Wildman–Crippen LogP) is 4.66. The highest BCUT2D eigenvalue weighted by Crippen LogP contribution is 2.40. The lowest BCUT2D eigenvalue weighted by molar-refractivity contribution is -0.150. The zero-order valence-corrected chi connectivity index (χ0v) is 12.5. The molecule has 0 radical (unpaired) electrons. The van der Waals surface area contributed by atoms with Crippen LogP contribution in [0.2, 0.25) is 0 Å². The third kappa shape index (κ3) is 3.16. The van der Waals surface area contributed by atoms with Gasteiger partial charge in [-0.25, -0.2) is 4.79 Å². The van der Waals surface area contributed by atoms with E-state index in [-0.39, 0.29) is 11.3 Å². The van der Waals surface area contributed by atoms with Crippen molar-refractivity contribution in [1.82, 2.24) is 0 Å². The molecule has 1 unspecified atom stereocenters. The molecule has 23 heavy (non-hydrogen) atoms. The van der Waals surface area contributed by atoms with Crippen molar-refractivity contribution in [2.45, 2.75) is 26.1 Å². The Morgan fingerprint density at radius 1 is 1.13 bits per heavy atom. The van der Waals surface area contributed by atoms with Crippen LogP contribution in [0.3, 0.4) is 0 Å². The first-order chi connectivity index (χ1) is 10.9. The van der Waals surface area contributed by atoms with Gasteiger partial charge in [-0.3, -0.25) is 0 Å². The summed E-state index contributed by atoms with van der Waals surface area (Å²) in [6.07, 6.45) is -5.95. The Balaban J connectivity index is 0.000000924. The first kappa shape index (κ1) is 16.9. The Bertz CT molecular complexity index is 763. The summed E-state index contributed by atoms with van der Waals surface area (Å²) in [5.41, 5.74) is -0.961. The minimum absolute atomic E-state index is 0.133. The maximum atomic E-state index is 13.0. The SMILES string of the molecule is CC.O=C(O)C1Oc2ccc3ccccc3c2C=C1C(F)(F)F. The van der Waals surface area contributed by atoms with E-state index in [9.17, 15) is 18.0 Å². The highest BCUT2D eigenvalue weighted by Gasteiger charge is 2.45. The molecule has 6 heteroatoms. The van der Waals surface area contributed by atoms with E-state index in [1.54, 1.807) is 30.3 Å². The molecule has 0 fully saturated rings. The molecule has 1 aliphatic rings. The topological polar surface area (TPSA) is 46.5 Å². The number of carbonyl (C=O) groups is 1. The van der Waals surface area contributed by atoms with E-state index in [1.807, 2.05) is 13.8 Å². The van der Waals surface area contributed by atoms with Crippen LogP contribution in [0.4, 0.5) is 13.2 Å². The highest BCUT2D eigenvalue weighted by atomic mass is 19.4. The molecule has 0 aromatic heterocycles. The molecule has 1 heterocycles. The van der Waals surface area contributed by atoms with Crippen LogP contribution in [-0.2, 0) is 4.79 Å². The van der Waals surface area contributed by atoms with Crippen molar-refractivity contribution in [3.63, 3.8) is 0 Å². The molecule has 122 valence electrons. The van der Waals surface area contributed by atoms with Crippen molar-refractivity contribution in [1.29, 1.82) is 0 Å². The van der Waals surface area contributed by atoms with E-state index in [1.165, 1.54) is 6.07 Å². The number of ether oxygens (including phenoxy) is 1. The lowest BCUT2D eigenvalue weighted by atomic mass is 9.96. The number of alkyl halides is 3. The summed E-state index contributed by atoms with van der Waals surface area (Å²) in [5.74, 6) is -1.54. The zero-order chi connectivity index (χ0) is 17.2. The van der Waals surface area contributed by atoms with Crippen molar-refractivity contribution >= 4 is 22.8 Å². The maximum Gasteiger partial charge on any atom is 0.416 e. The molecular formula is C17H15F3O3. The molecule has 0 amide bonds. The smallest absolute Gasteiger partial charge is 0.416 e. The average molecular weight is 324 g/mol. The largest absolute Gasteiger partial charge is 0.478 e. The summed E-state index contributed by atoms with van der Waals surface area (Å²) >= 11 is 0. The number of hydrogen-bond donors (Lipinski definition) is 1. The van der Waals surface area contributed by atoms with Crippen LogP contribution in [0.1, 0.15) is 19.4 Å². The summed E-state index contributed by atoms with van der Waals surface area (Å²) in [4.78, 5) is 11.0. The number of carboxylic acids is 1. The summed E-state index contributed by atoms with van der Waals surface area (Å²) in [7, 11) is 0. The van der Waals surface area contributed by atoms with Gasteiger partial charge in [-0.05, 0) is 22.9 Å². The molecule has 0 aliphatic carbocycles. The lowest BCUT2D eigenvalue weighted by Gasteiger charge is -2.26. The predicted molar refractivity (Wildman–Crippen MR) is 81.4 cm³/mol. The Kier molecular flexibility index (Phi) is 4.63. The van der Waals surface area contributed by atoms with Crippen LogP contribution in [0.5, 0.6) is 5.75 Å². The van der Waals surface area contributed by atoms with E-state index in [4.69, 9.17) is 9.84 Å². The van der Waals surface area contributed by atoms with Gasteiger partial charge in [-0.1, -0.05) is 44.2 Å². The Morgan fingerprint density at radius 2 is 1.78 bits per heavy atom. The molecule has 3 rings (SSSR count). The van der Waals surface area contributed by atoms with E-state index >= 15 is 0 Å². The Labute approximate surface area is 131 Å². The van der Waals surface area contributed by atoms with Gasteiger partial charge in [-0.15, -0.1) is 0 Å². The number of fused-ring (bicyclic) bond motifs is 3. The highest BCUT2D eigenvalue weighted by molar-refractivity contribution is 5.95. The first-order valence-corrected chi connectivity index (χ1v) is 7.08. The quantitative estimate of drug-likeness (QED) is 0.830. The fourth-order valence-electron chi connectivity index (χ4n) is 2.36. The molecule has 2 aromatic rings. The lowest BCUT2D eigenvalue weighted by Crippen LogP contribution is -2.37. The van der Waals surface area contributed by atoms with E-state index in [0.717, 1.165) is 11.5 Å². The van der Waals surface area contributed by atoms with Crippen molar-refractivity contribution in [2.75, 3.05) is 0 Å². The van der Waals surface area contributed by atoms with Crippen LogP contribution in [0.15, 0.2) is 42.0 Å². The van der Waals surface area contributed by atoms with Gasteiger partial charge in [0.2, 0.25) is 6.10 Å². The molecule has 1 N–H and O–H groups in total. The summed E-state index contributed by atoms with van der Waals surface area (Å²) in [6, 6.07) is 10.1. The second kappa shape index (κ2) is 6.32. The van der Waals surface area contributed by atoms with Crippen LogP contribution in [0, 0.1) is 0 Å². The fourth-order valence-corrected chi connectivity index (χ4v) is 2.36. The fraction of sp³-hybridized carbons (Fsp3) is 0.235. The molecule has 2 aromatic carbocycles. The van der Waals surface area contributed by atoms with Crippen molar-refractivity contribution in [3.05, 3.63) is 47.5 Å². The normalized spacial score (nSPS) is 16.6. The molecule has 0 bridgehead atoms. The second-order valence-corrected chi connectivity index (χ2v) is 4.63. The monoisotopic (exact) mass is 324 g/mol. The van der Waals surface area contributed by atoms with Gasteiger partial charge in [0.25, 0.3) is 0 Å². The number of aliphatic carboxylic acids is 1. The maximum absolute atomic E-state index is 13.0. The number of benzene rings is 2. The van der Waals surface area contributed by atoms with Gasteiger partial charge < -0.3 is 9.84 Å². The van der Waals surface area contributed by atoms with Crippen LogP contribution >= 0.6 is 0 Å². The molecule has 1 aliphatic heterocycles. The Morgan fingerprint density at radius 3 is 2.39 bits per heavy atom. The number of hydrogen-bond acceptors (Lipinski definition) is 2. The summed E-state index contributed by atoms with van der Waals surface area (Å²) in [6.45, 7) is 4.00. The summed E-state index contributed by atoms with van der Waals surface area (Å²) in [5, 5.41) is 10.3. The van der Waals surface area contributed by atoms with Gasteiger partial charge in [0.1, 0.15) is 5.75 Å². The molecule has 3 nitrogen and oxygen atoms in total. The van der Waals surface area contributed by atoms with Gasteiger partial charge in [0, 0.05) is 5.56 Å². The number of carboxylic acid groups (broad SMARTS) is 1. The van der Waals surface area contributed by atoms with E-state index in [0.29, 0.717) is 5.39 Å². The second-order valence-electron chi connectivity index (χ2n) is 4.63. The van der Waals surface area contributed by atoms with Crippen LogP contribution in [-0.4, -0.2) is 23.4 Å². The summed E-state index contributed by atoms with van der Waals surface area (Å²) < 4.78 is 44.2. The zero-order valence-electron chi connectivity index (χ0n) is 12.5. The van der Waals surface area contributed by atoms with Gasteiger partial charge in [0.15, 0.2) is 0 Å². The average Bonchev–Trinajstić information content (AvgIpc) is 2.54. The standard InChI is InChI=1S/C15H9F3O3.C2H6/c16-15(17,18)11-7-10-9-4-2-1-3-8(9)5-6-12(10)21-13(11)14(19)20;1-2/h1-7,13H,(H,19,20);1-2H3. The van der Waals surface area contributed by atoms with Crippen molar-refractivity contribution < 1.29 is 27.8 Å².